The number of aromatic nitrogens is 2. The van der Waals surface area contributed by atoms with E-state index in [1.807, 2.05) is 21.0 Å². The van der Waals surface area contributed by atoms with Crippen LogP contribution in [0.5, 0.6) is 0 Å². The Morgan fingerprint density at radius 2 is 2.13 bits per heavy atom. The van der Waals surface area contributed by atoms with Crippen molar-refractivity contribution in [2.24, 2.45) is 0 Å². The minimum Gasteiger partial charge on any atom is -0.383 e. The number of nitrogens with zero attached hydrogens (tertiary/aromatic N) is 3. The number of nitrogen functional groups attached to an aromatic ring is 1. The second-order valence-corrected chi connectivity index (χ2v) is 3.67. The van der Waals surface area contributed by atoms with Gasteiger partial charge in [-0.05, 0) is 20.5 Å². The van der Waals surface area contributed by atoms with Gasteiger partial charge in [0.05, 0.1) is 0 Å². The average molecular weight is 209 g/mol. The fourth-order valence-electron chi connectivity index (χ4n) is 1.32. The maximum absolute atomic E-state index is 5.76. The molecule has 15 heavy (non-hydrogen) atoms. The maximum atomic E-state index is 5.76. The molecule has 1 heterocycles. The Hall–Kier alpha value is -1.36. The summed E-state index contributed by atoms with van der Waals surface area (Å²) in [5.74, 6) is 1.42. The fraction of sp³-hybridized carbons (Fsp3) is 0.600. The van der Waals surface area contributed by atoms with Crippen molar-refractivity contribution in [3.05, 3.63) is 11.9 Å². The van der Waals surface area contributed by atoms with Crippen LogP contribution in [0.3, 0.4) is 0 Å². The first-order valence-corrected chi connectivity index (χ1v) is 5.13. The Morgan fingerprint density at radius 3 is 2.73 bits per heavy atom. The molecule has 84 valence electrons. The summed E-state index contributed by atoms with van der Waals surface area (Å²) in [6, 6.07) is 0. The van der Waals surface area contributed by atoms with Gasteiger partial charge in [-0.25, -0.2) is 9.97 Å². The number of nitrogens with one attached hydrogen (secondary N) is 1. The Bertz CT molecular complexity index is 311. The first-order valence-electron chi connectivity index (χ1n) is 5.13. The van der Waals surface area contributed by atoms with Crippen LogP contribution in [0.15, 0.2) is 6.33 Å². The Labute approximate surface area is 90.7 Å². The summed E-state index contributed by atoms with van der Waals surface area (Å²) in [5.41, 5.74) is 6.76. The van der Waals surface area contributed by atoms with E-state index >= 15 is 0 Å². The predicted molar refractivity (Wildman–Crippen MR) is 62.9 cm³/mol. The van der Waals surface area contributed by atoms with Gasteiger partial charge in [-0.3, -0.25) is 0 Å². The van der Waals surface area contributed by atoms with Gasteiger partial charge in [-0.1, -0.05) is 6.92 Å². The number of rotatable bonds is 5. The fourth-order valence-corrected chi connectivity index (χ4v) is 1.32. The quantitative estimate of drug-likeness (QED) is 0.743. The van der Waals surface area contributed by atoms with Gasteiger partial charge >= 0.3 is 0 Å². The first kappa shape index (κ1) is 11.7. The van der Waals surface area contributed by atoms with Gasteiger partial charge in [0.1, 0.15) is 18.0 Å². The van der Waals surface area contributed by atoms with Crippen LogP contribution in [0.4, 0.5) is 11.6 Å². The van der Waals surface area contributed by atoms with E-state index in [1.165, 1.54) is 6.33 Å². The molecule has 0 amide bonds. The Morgan fingerprint density at radius 1 is 1.40 bits per heavy atom. The lowest BCUT2D eigenvalue weighted by molar-refractivity contribution is 0.425. The molecule has 0 radical (unpaired) electrons. The SMILES string of the molecule is CCc1c(N)ncnc1NCCN(C)C. The third kappa shape index (κ3) is 3.36. The lowest BCUT2D eigenvalue weighted by atomic mass is 10.2. The van der Waals surface area contributed by atoms with Crippen LogP contribution in [0.1, 0.15) is 12.5 Å². The molecule has 1 aromatic rings. The molecule has 5 heteroatoms. The summed E-state index contributed by atoms with van der Waals surface area (Å²) < 4.78 is 0. The summed E-state index contributed by atoms with van der Waals surface area (Å²) in [6.45, 7) is 3.87. The van der Waals surface area contributed by atoms with E-state index in [0.717, 1.165) is 30.9 Å². The molecule has 0 atom stereocenters. The summed E-state index contributed by atoms with van der Waals surface area (Å²) in [7, 11) is 4.08. The van der Waals surface area contributed by atoms with Crippen molar-refractivity contribution >= 4 is 11.6 Å². The molecule has 0 aromatic carbocycles. The molecular formula is C10H19N5. The molecule has 0 bridgehead atoms. The van der Waals surface area contributed by atoms with Crippen molar-refractivity contribution < 1.29 is 0 Å². The van der Waals surface area contributed by atoms with Gasteiger partial charge in [-0.2, -0.15) is 0 Å². The van der Waals surface area contributed by atoms with Crippen LogP contribution < -0.4 is 11.1 Å². The van der Waals surface area contributed by atoms with Crippen LogP contribution in [0.2, 0.25) is 0 Å². The molecule has 3 N–H and O–H groups in total. The smallest absolute Gasteiger partial charge is 0.134 e. The molecule has 5 nitrogen and oxygen atoms in total. The predicted octanol–water partition coefficient (Wildman–Crippen LogP) is 0.595. The molecular weight excluding hydrogens is 190 g/mol. The van der Waals surface area contributed by atoms with Crippen LogP contribution in [-0.2, 0) is 6.42 Å². The molecule has 0 fully saturated rings. The number of anilines is 2. The van der Waals surface area contributed by atoms with Crippen molar-refractivity contribution in [1.29, 1.82) is 0 Å². The van der Waals surface area contributed by atoms with Gasteiger partial charge in [-0.15, -0.1) is 0 Å². The van der Waals surface area contributed by atoms with Crippen molar-refractivity contribution in [2.45, 2.75) is 13.3 Å². The lowest BCUT2D eigenvalue weighted by Gasteiger charge is -2.13. The van der Waals surface area contributed by atoms with Gasteiger partial charge in [0.25, 0.3) is 0 Å². The maximum Gasteiger partial charge on any atom is 0.134 e. The molecule has 0 aliphatic rings. The highest BCUT2D eigenvalue weighted by Gasteiger charge is 2.05. The number of likely N-dealkylation sites (N-methyl/N-ethyl adjacent to an activating group) is 1. The van der Waals surface area contributed by atoms with Crippen LogP contribution in [0, 0.1) is 0 Å². The number of hydrogen-bond acceptors (Lipinski definition) is 5. The van der Waals surface area contributed by atoms with Gasteiger partial charge in [0.15, 0.2) is 0 Å². The highest BCUT2D eigenvalue weighted by molar-refractivity contribution is 5.54. The highest BCUT2D eigenvalue weighted by Crippen LogP contribution is 2.16. The van der Waals surface area contributed by atoms with Gasteiger partial charge < -0.3 is 16.0 Å². The zero-order valence-corrected chi connectivity index (χ0v) is 9.62. The Balaban J connectivity index is 2.64. The third-order valence-corrected chi connectivity index (χ3v) is 2.18. The normalized spacial score (nSPS) is 10.7. The monoisotopic (exact) mass is 209 g/mol. The molecule has 0 aliphatic heterocycles. The van der Waals surface area contributed by atoms with Crippen molar-refractivity contribution in [1.82, 2.24) is 14.9 Å². The summed E-state index contributed by atoms with van der Waals surface area (Å²) >= 11 is 0. The van der Waals surface area contributed by atoms with Crippen LogP contribution >= 0.6 is 0 Å². The second-order valence-electron chi connectivity index (χ2n) is 3.67. The minimum atomic E-state index is 0.569. The standard InChI is InChI=1S/C10H19N5/c1-4-8-9(11)13-7-14-10(8)12-5-6-15(2)3/h7H,4-6H2,1-3H3,(H3,11,12,13,14). The first-order chi connectivity index (χ1) is 7.15. The molecule has 1 aromatic heterocycles. The summed E-state index contributed by atoms with van der Waals surface area (Å²) in [5, 5.41) is 3.26. The van der Waals surface area contributed by atoms with Crippen molar-refractivity contribution in [3.8, 4) is 0 Å². The lowest BCUT2D eigenvalue weighted by Crippen LogP contribution is -2.21. The Kier molecular flexibility index (Phi) is 4.30. The number of hydrogen-bond donors (Lipinski definition) is 2. The molecule has 1 rings (SSSR count). The molecule has 0 unspecified atom stereocenters. The van der Waals surface area contributed by atoms with Crippen molar-refractivity contribution in [3.63, 3.8) is 0 Å². The topological polar surface area (TPSA) is 67.1 Å². The number of nitrogens with two attached hydrogens (primary N) is 1. The minimum absolute atomic E-state index is 0.569. The second kappa shape index (κ2) is 5.50. The van der Waals surface area contributed by atoms with Gasteiger partial charge in [0.2, 0.25) is 0 Å². The molecule has 0 aliphatic carbocycles. The van der Waals surface area contributed by atoms with Gasteiger partial charge in [0, 0.05) is 18.7 Å². The van der Waals surface area contributed by atoms with E-state index in [2.05, 4.69) is 20.2 Å². The zero-order chi connectivity index (χ0) is 11.3. The van der Waals surface area contributed by atoms with Crippen LogP contribution in [0.25, 0.3) is 0 Å². The summed E-state index contributed by atoms with van der Waals surface area (Å²) in [4.78, 5) is 10.3. The van der Waals surface area contributed by atoms with Crippen LogP contribution in [-0.4, -0.2) is 42.1 Å². The van der Waals surface area contributed by atoms with E-state index in [9.17, 15) is 0 Å². The highest BCUT2D eigenvalue weighted by atomic mass is 15.1. The average Bonchev–Trinajstić information content (AvgIpc) is 2.17. The van der Waals surface area contributed by atoms with E-state index in [1.54, 1.807) is 0 Å². The third-order valence-electron chi connectivity index (χ3n) is 2.18. The molecule has 0 spiro atoms. The largest absolute Gasteiger partial charge is 0.383 e. The zero-order valence-electron chi connectivity index (χ0n) is 9.62. The van der Waals surface area contributed by atoms with E-state index in [0.29, 0.717) is 5.82 Å². The van der Waals surface area contributed by atoms with Crippen molar-refractivity contribution in [2.75, 3.05) is 38.2 Å². The van der Waals surface area contributed by atoms with E-state index < -0.39 is 0 Å². The molecule has 0 saturated heterocycles. The summed E-state index contributed by atoms with van der Waals surface area (Å²) in [6.07, 6.45) is 2.34. The van der Waals surface area contributed by atoms with E-state index in [-0.39, 0.29) is 0 Å². The van der Waals surface area contributed by atoms with E-state index in [4.69, 9.17) is 5.73 Å². The molecule has 0 saturated carbocycles.